The van der Waals surface area contributed by atoms with E-state index in [1.54, 1.807) is 36.1 Å². The maximum Gasteiger partial charge on any atom is 0.338 e. The molecule has 1 heterocycles. The van der Waals surface area contributed by atoms with Gasteiger partial charge < -0.3 is 15.0 Å². The van der Waals surface area contributed by atoms with Gasteiger partial charge in [-0.1, -0.05) is 24.3 Å². The first kappa shape index (κ1) is 17.7. The maximum atomic E-state index is 12.5. The zero-order chi connectivity index (χ0) is 18.5. The van der Waals surface area contributed by atoms with Crippen molar-refractivity contribution in [2.75, 3.05) is 23.4 Å². The average molecular weight is 352 g/mol. The summed E-state index contributed by atoms with van der Waals surface area (Å²) in [4.78, 5) is 38.2. The van der Waals surface area contributed by atoms with Gasteiger partial charge in [0.2, 0.25) is 11.8 Å². The van der Waals surface area contributed by atoms with Crippen molar-refractivity contribution in [3.63, 3.8) is 0 Å². The minimum atomic E-state index is -0.436. The molecule has 1 aliphatic heterocycles. The number of amides is 2. The summed E-state index contributed by atoms with van der Waals surface area (Å²) in [6.45, 7) is 2.36. The smallest absolute Gasteiger partial charge is 0.338 e. The number of carbonyl (C=O) groups is 3. The van der Waals surface area contributed by atoms with E-state index in [0.29, 0.717) is 17.8 Å². The van der Waals surface area contributed by atoms with Gasteiger partial charge in [0.05, 0.1) is 18.1 Å². The number of ether oxygens (including phenoxy) is 1. The third kappa shape index (κ3) is 3.91. The number of para-hydroxylation sites is 1. The zero-order valence-corrected chi connectivity index (χ0v) is 14.5. The van der Waals surface area contributed by atoms with Crippen molar-refractivity contribution in [3.8, 4) is 0 Å². The van der Waals surface area contributed by atoms with Crippen LogP contribution in [0.1, 0.15) is 23.7 Å². The van der Waals surface area contributed by atoms with Gasteiger partial charge in [-0.25, -0.2) is 4.79 Å². The van der Waals surface area contributed by atoms with Crippen LogP contribution in [0, 0.1) is 5.92 Å². The second-order valence-electron chi connectivity index (χ2n) is 6.03. The molecular formula is C20H20N2O4. The molecule has 26 heavy (non-hydrogen) atoms. The molecule has 0 unspecified atom stereocenters. The summed E-state index contributed by atoms with van der Waals surface area (Å²) in [5.41, 5.74) is 1.67. The lowest BCUT2D eigenvalue weighted by Gasteiger charge is -2.16. The fraction of sp³-hybridized carbons (Fsp3) is 0.250. The molecule has 134 valence electrons. The summed E-state index contributed by atoms with van der Waals surface area (Å²) in [6.07, 6.45) is 0.165. The fourth-order valence-corrected chi connectivity index (χ4v) is 2.92. The van der Waals surface area contributed by atoms with Gasteiger partial charge >= 0.3 is 5.97 Å². The summed E-state index contributed by atoms with van der Waals surface area (Å²) in [5.74, 6) is -1.18. The number of esters is 1. The summed E-state index contributed by atoms with van der Waals surface area (Å²) >= 11 is 0. The first-order valence-corrected chi connectivity index (χ1v) is 8.52. The Morgan fingerprint density at radius 1 is 1.15 bits per heavy atom. The van der Waals surface area contributed by atoms with E-state index in [9.17, 15) is 14.4 Å². The van der Waals surface area contributed by atoms with Crippen LogP contribution in [0.3, 0.4) is 0 Å². The number of nitrogens with one attached hydrogen (secondary N) is 1. The van der Waals surface area contributed by atoms with Gasteiger partial charge in [-0.15, -0.1) is 0 Å². The van der Waals surface area contributed by atoms with E-state index in [-0.39, 0.29) is 24.8 Å². The Kier molecular flexibility index (Phi) is 5.31. The predicted molar refractivity (Wildman–Crippen MR) is 97.9 cm³/mol. The largest absolute Gasteiger partial charge is 0.462 e. The van der Waals surface area contributed by atoms with Crippen LogP contribution in [0.5, 0.6) is 0 Å². The Morgan fingerprint density at radius 2 is 1.92 bits per heavy atom. The van der Waals surface area contributed by atoms with E-state index in [1.165, 1.54) is 0 Å². The number of hydrogen-bond acceptors (Lipinski definition) is 4. The second-order valence-corrected chi connectivity index (χ2v) is 6.03. The van der Waals surface area contributed by atoms with Crippen LogP contribution in [-0.4, -0.2) is 30.9 Å². The third-order valence-corrected chi connectivity index (χ3v) is 4.20. The lowest BCUT2D eigenvalue weighted by Crippen LogP contribution is -2.28. The Balaban J connectivity index is 1.67. The molecule has 0 spiro atoms. The molecule has 1 aliphatic rings. The highest BCUT2D eigenvalue weighted by Crippen LogP contribution is 2.26. The van der Waals surface area contributed by atoms with E-state index in [2.05, 4.69) is 5.32 Å². The van der Waals surface area contributed by atoms with E-state index in [0.717, 1.165) is 5.69 Å². The summed E-state index contributed by atoms with van der Waals surface area (Å²) in [6, 6.07) is 15.9. The van der Waals surface area contributed by atoms with E-state index in [1.807, 2.05) is 30.3 Å². The number of hydrogen-bond donors (Lipinski definition) is 1. The molecule has 6 heteroatoms. The quantitative estimate of drug-likeness (QED) is 0.840. The molecule has 0 aliphatic carbocycles. The van der Waals surface area contributed by atoms with Crippen LogP contribution in [0.25, 0.3) is 0 Å². The molecule has 0 radical (unpaired) electrons. The number of benzene rings is 2. The van der Waals surface area contributed by atoms with Gasteiger partial charge in [0.1, 0.15) is 0 Å². The number of anilines is 2. The topological polar surface area (TPSA) is 75.7 Å². The van der Waals surface area contributed by atoms with Crippen molar-refractivity contribution in [1.82, 2.24) is 0 Å². The van der Waals surface area contributed by atoms with Crippen LogP contribution in [0.15, 0.2) is 54.6 Å². The highest BCUT2D eigenvalue weighted by atomic mass is 16.5. The SMILES string of the molecule is CCOC(=O)c1cccc(NC(=O)[C@@H]2CC(=O)N(c3ccccc3)C2)c1. The standard InChI is InChI=1S/C20H20N2O4/c1-2-26-20(25)14-7-6-8-16(11-14)21-19(24)15-12-18(23)22(13-15)17-9-4-3-5-10-17/h3-11,15H,2,12-13H2,1H3,(H,21,24)/t15-/m1/s1. The minimum Gasteiger partial charge on any atom is -0.462 e. The van der Waals surface area contributed by atoms with E-state index < -0.39 is 11.9 Å². The molecule has 6 nitrogen and oxygen atoms in total. The van der Waals surface area contributed by atoms with Crippen molar-refractivity contribution in [3.05, 3.63) is 60.2 Å². The Morgan fingerprint density at radius 3 is 2.65 bits per heavy atom. The molecule has 1 N–H and O–H groups in total. The number of nitrogens with zero attached hydrogens (tertiary/aromatic N) is 1. The highest BCUT2D eigenvalue weighted by molar-refractivity contribution is 6.03. The molecule has 3 rings (SSSR count). The molecule has 2 aromatic carbocycles. The van der Waals surface area contributed by atoms with Gasteiger partial charge in [-0.05, 0) is 37.3 Å². The molecule has 0 bridgehead atoms. The van der Waals surface area contributed by atoms with Crippen molar-refractivity contribution in [2.45, 2.75) is 13.3 Å². The van der Waals surface area contributed by atoms with E-state index >= 15 is 0 Å². The first-order valence-electron chi connectivity index (χ1n) is 8.52. The highest BCUT2D eigenvalue weighted by Gasteiger charge is 2.35. The van der Waals surface area contributed by atoms with Crippen molar-refractivity contribution >= 4 is 29.2 Å². The zero-order valence-electron chi connectivity index (χ0n) is 14.5. The van der Waals surface area contributed by atoms with Crippen LogP contribution >= 0.6 is 0 Å². The lowest BCUT2D eigenvalue weighted by atomic mass is 10.1. The van der Waals surface area contributed by atoms with Gasteiger partial charge in [-0.2, -0.15) is 0 Å². The lowest BCUT2D eigenvalue weighted by molar-refractivity contribution is -0.122. The minimum absolute atomic E-state index is 0.0726. The molecular weight excluding hydrogens is 332 g/mol. The molecule has 2 amide bonds. The van der Waals surface area contributed by atoms with Gasteiger partial charge in [-0.3, -0.25) is 9.59 Å². The van der Waals surface area contributed by atoms with Gasteiger partial charge in [0.25, 0.3) is 0 Å². The van der Waals surface area contributed by atoms with Crippen LogP contribution in [-0.2, 0) is 14.3 Å². The normalized spacial score (nSPS) is 16.4. The summed E-state index contributed by atoms with van der Waals surface area (Å²) in [7, 11) is 0. The molecule has 1 atom stereocenters. The van der Waals surface area contributed by atoms with Crippen molar-refractivity contribution in [2.24, 2.45) is 5.92 Å². The molecule has 0 saturated carbocycles. The van der Waals surface area contributed by atoms with Crippen LogP contribution < -0.4 is 10.2 Å². The first-order chi connectivity index (χ1) is 12.6. The van der Waals surface area contributed by atoms with Crippen LogP contribution in [0.4, 0.5) is 11.4 Å². The van der Waals surface area contributed by atoms with Crippen molar-refractivity contribution < 1.29 is 19.1 Å². The molecule has 1 fully saturated rings. The molecule has 2 aromatic rings. The van der Waals surface area contributed by atoms with Crippen molar-refractivity contribution in [1.29, 1.82) is 0 Å². The number of rotatable bonds is 5. The fourth-order valence-electron chi connectivity index (χ4n) is 2.92. The van der Waals surface area contributed by atoms with Gasteiger partial charge in [0, 0.05) is 24.3 Å². The Bertz CT molecular complexity index is 820. The van der Waals surface area contributed by atoms with E-state index in [4.69, 9.17) is 4.74 Å². The molecule has 0 aromatic heterocycles. The Labute approximate surface area is 151 Å². The summed E-state index contributed by atoms with van der Waals surface area (Å²) < 4.78 is 4.96. The summed E-state index contributed by atoms with van der Waals surface area (Å²) in [5, 5.41) is 2.79. The van der Waals surface area contributed by atoms with Gasteiger partial charge in [0.15, 0.2) is 0 Å². The Hall–Kier alpha value is -3.15. The third-order valence-electron chi connectivity index (χ3n) is 4.20. The second kappa shape index (κ2) is 7.82. The van der Waals surface area contributed by atoms with Crippen LogP contribution in [0.2, 0.25) is 0 Å². The maximum absolute atomic E-state index is 12.5. The average Bonchev–Trinajstić information content (AvgIpc) is 3.05. The predicted octanol–water partition coefficient (Wildman–Crippen LogP) is 2.85. The number of carbonyl (C=O) groups excluding carboxylic acids is 3. The monoisotopic (exact) mass is 352 g/mol. The molecule has 1 saturated heterocycles.